The molecule has 2 aromatic carbocycles. The predicted molar refractivity (Wildman–Crippen MR) is 80.3 cm³/mol. The van der Waals surface area contributed by atoms with E-state index in [1.165, 1.54) is 0 Å². The number of benzene rings is 2. The fourth-order valence-corrected chi connectivity index (χ4v) is 1.95. The van der Waals surface area contributed by atoms with E-state index in [9.17, 15) is 9.90 Å². The summed E-state index contributed by atoms with van der Waals surface area (Å²) in [4.78, 5) is 16.1. The maximum Gasteiger partial charge on any atom is 0.158 e. The quantitative estimate of drug-likeness (QED) is 0.847. The third kappa shape index (κ3) is 3.79. The first-order valence-electron chi connectivity index (χ1n) is 6.52. The number of hydrogen-bond donors (Lipinski definition) is 1. The highest BCUT2D eigenvalue weighted by Gasteiger charge is 2.05. The van der Waals surface area contributed by atoms with E-state index in [1.54, 1.807) is 25.1 Å². The molecule has 102 valence electrons. The topological polar surface area (TPSA) is 49.7 Å². The van der Waals surface area contributed by atoms with Crippen molar-refractivity contribution in [1.29, 1.82) is 0 Å². The van der Waals surface area contributed by atoms with E-state index >= 15 is 0 Å². The monoisotopic (exact) mass is 267 g/mol. The van der Waals surface area contributed by atoms with Gasteiger partial charge in [-0.2, -0.15) is 0 Å². The Morgan fingerprint density at radius 2 is 1.70 bits per heavy atom. The average molecular weight is 267 g/mol. The summed E-state index contributed by atoms with van der Waals surface area (Å²) in [5, 5.41) is 9.72. The van der Waals surface area contributed by atoms with Crippen molar-refractivity contribution >= 4 is 11.5 Å². The van der Waals surface area contributed by atoms with E-state index in [1.807, 2.05) is 36.4 Å². The number of hydrogen-bond acceptors (Lipinski definition) is 3. The van der Waals surface area contributed by atoms with Crippen LogP contribution in [0.1, 0.15) is 18.1 Å². The minimum absolute atomic E-state index is 0.0611. The lowest BCUT2D eigenvalue weighted by molar-refractivity contribution is -0.117. The zero-order valence-corrected chi connectivity index (χ0v) is 11.4. The number of rotatable bonds is 5. The standard InChI is InChI=1S/C17H17NO2/c1-13(16-9-5-6-10-17(16)20)18-12-15(19)11-14-7-3-2-4-8-14/h2-10,20H,11-12H2,1H3. The van der Waals surface area contributed by atoms with E-state index in [4.69, 9.17) is 0 Å². The van der Waals surface area contributed by atoms with Crippen molar-refractivity contribution in [2.75, 3.05) is 6.54 Å². The molecule has 2 rings (SSSR count). The van der Waals surface area contributed by atoms with E-state index in [-0.39, 0.29) is 18.1 Å². The van der Waals surface area contributed by atoms with Crippen LogP contribution in [0.2, 0.25) is 0 Å². The number of para-hydroxylation sites is 1. The highest BCUT2D eigenvalue weighted by atomic mass is 16.3. The van der Waals surface area contributed by atoms with Crippen molar-refractivity contribution in [3.05, 3.63) is 65.7 Å². The number of nitrogens with zero attached hydrogens (tertiary/aromatic N) is 1. The highest BCUT2D eigenvalue weighted by Crippen LogP contribution is 2.16. The van der Waals surface area contributed by atoms with Crippen LogP contribution in [0.25, 0.3) is 0 Å². The zero-order valence-electron chi connectivity index (χ0n) is 11.4. The Morgan fingerprint density at radius 1 is 1.05 bits per heavy atom. The smallest absolute Gasteiger partial charge is 0.158 e. The molecule has 3 heteroatoms. The second-order valence-corrected chi connectivity index (χ2v) is 4.62. The lowest BCUT2D eigenvalue weighted by Crippen LogP contribution is -2.08. The third-order valence-corrected chi connectivity index (χ3v) is 3.03. The van der Waals surface area contributed by atoms with Crippen molar-refractivity contribution in [2.24, 2.45) is 4.99 Å². The van der Waals surface area contributed by atoms with E-state index in [0.29, 0.717) is 17.7 Å². The van der Waals surface area contributed by atoms with Crippen molar-refractivity contribution in [1.82, 2.24) is 0 Å². The van der Waals surface area contributed by atoms with E-state index in [0.717, 1.165) is 5.56 Å². The maximum absolute atomic E-state index is 11.9. The molecule has 0 saturated heterocycles. The molecule has 1 N–H and O–H groups in total. The molecular formula is C17H17NO2. The van der Waals surface area contributed by atoms with Crippen molar-refractivity contribution in [3.63, 3.8) is 0 Å². The van der Waals surface area contributed by atoms with Crippen LogP contribution in [0.4, 0.5) is 0 Å². The van der Waals surface area contributed by atoms with Crippen LogP contribution in [0.5, 0.6) is 5.75 Å². The largest absolute Gasteiger partial charge is 0.507 e. The fraction of sp³-hybridized carbons (Fsp3) is 0.176. The van der Waals surface area contributed by atoms with E-state index in [2.05, 4.69) is 4.99 Å². The first-order valence-corrected chi connectivity index (χ1v) is 6.52. The number of aliphatic imine (C=N–C) groups is 1. The van der Waals surface area contributed by atoms with Crippen LogP contribution in [0.3, 0.4) is 0 Å². The van der Waals surface area contributed by atoms with Gasteiger partial charge in [0, 0.05) is 17.7 Å². The number of phenols is 1. The number of carbonyl (C=O) groups is 1. The summed E-state index contributed by atoms with van der Waals surface area (Å²) in [6, 6.07) is 16.6. The van der Waals surface area contributed by atoms with Gasteiger partial charge in [0.25, 0.3) is 0 Å². The van der Waals surface area contributed by atoms with Gasteiger partial charge in [-0.25, -0.2) is 0 Å². The molecule has 0 aliphatic carbocycles. The molecule has 0 spiro atoms. The number of aromatic hydroxyl groups is 1. The summed E-state index contributed by atoms with van der Waals surface area (Å²) in [6.45, 7) is 1.93. The summed E-state index contributed by atoms with van der Waals surface area (Å²) in [6.07, 6.45) is 0.387. The van der Waals surface area contributed by atoms with Gasteiger partial charge < -0.3 is 5.11 Å². The Labute approximate surface area is 118 Å². The summed E-state index contributed by atoms with van der Waals surface area (Å²) < 4.78 is 0. The maximum atomic E-state index is 11.9. The Morgan fingerprint density at radius 3 is 2.40 bits per heavy atom. The summed E-state index contributed by atoms with van der Waals surface area (Å²) in [5.74, 6) is 0.246. The zero-order chi connectivity index (χ0) is 14.4. The molecule has 0 unspecified atom stereocenters. The summed E-state index contributed by atoms with van der Waals surface area (Å²) in [7, 11) is 0. The number of ketones is 1. The molecular weight excluding hydrogens is 250 g/mol. The van der Waals surface area contributed by atoms with Crippen LogP contribution in [-0.4, -0.2) is 23.1 Å². The molecule has 0 fully saturated rings. The van der Waals surface area contributed by atoms with Crippen molar-refractivity contribution in [3.8, 4) is 5.75 Å². The molecule has 0 aliphatic rings. The molecule has 2 aromatic rings. The molecule has 3 nitrogen and oxygen atoms in total. The predicted octanol–water partition coefficient (Wildman–Crippen LogP) is 3.01. The number of carbonyl (C=O) groups excluding carboxylic acids is 1. The fourth-order valence-electron chi connectivity index (χ4n) is 1.95. The molecule has 0 aromatic heterocycles. The Hall–Kier alpha value is -2.42. The average Bonchev–Trinajstić information content (AvgIpc) is 2.46. The van der Waals surface area contributed by atoms with Gasteiger partial charge in [0.1, 0.15) is 5.75 Å². The van der Waals surface area contributed by atoms with Gasteiger partial charge in [0.05, 0.1) is 6.54 Å². The molecule has 0 bridgehead atoms. The summed E-state index contributed by atoms with van der Waals surface area (Å²) >= 11 is 0. The third-order valence-electron chi connectivity index (χ3n) is 3.03. The van der Waals surface area contributed by atoms with Crippen LogP contribution in [-0.2, 0) is 11.2 Å². The molecule has 0 saturated carbocycles. The molecule has 0 aliphatic heterocycles. The minimum atomic E-state index is 0.0611. The van der Waals surface area contributed by atoms with Gasteiger partial charge in [-0.15, -0.1) is 0 Å². The number of Topliss-reactive ketones (excluding diaryl/α,β-unsaturated/α-hetero) is 1. The van der Waals surface area contributed by atoms with Crippen molar-refractivity contribution < 1.29 is 9.90 Å². The molecule has 0 amide bonds. The SMILES string of the molecule is CC(=NCC(=O)Cc1ccccc1)c1ccccc1O. The van der Waals surface area contributed by atoms with Gasteiger partial charge in [-0.3, -0.25) is 9.79 Å². The first kappa shape index (κ1) is 14.0. The van der Waals surface area contributed by atoms with Gasteiger partial charge >= 0.3 is 0 Å². The second-order valence-electron chi connectivity index (χ2n) is 4.62. The highest BCUT2D eigenvalue weighted by molar-refractivity contribution is 6.02. The van der Waals surface area contributed by atoms with Crippen LogP contribution in [0, 0.1) is 0 Å². The Balaban J connectivity index is 1.99. The van der Waals surface area contributed by atoms with E-state index < -0.39 is 0 Å². The first-order chi connectivity index (χ1) is 9.66. The lowest BCUT2D eigenvalue weighted by Gasteiger charge is -2.04. The van der Waals surface area contributed by atoms with Gasteiger partial charge in [0.2, 0.25) is 0 Å². The van der Waals surface area contributed by atoms with Gasteiger partial charge in [-0.1, -0.05) is 42.5 Å². The normalized spacial score (nSPS) is 11.3. The van der Waals surface area contributed by atoms with Gasteiger partial charge in [-0.05, 0) is 24.6 Å². The van der Waals surface area contributed by atoms with Gasteiger partial charge in [0.15, 0.2) is 5.78 Å². The molecule has 0 atom stereocenters. The lowest BCUT2D eigenvalue weighted by atomic mass is 10.1. The Bertz CT molecular complexity index is 618. The molecule has 0 heterocycles. The molecule has 20 heavy (non-hydrogen) atoms. The van der Waals surface area contributed by atoms with Crippen LogP contribution >= 0.6 is 0 Å². The van der Waals surface area contributed by atoms with Crippen LogP contribution in [0.15, 0.2) is 59.6 Å². The second kappa shape index (κ2) is 6.66. The Kier molecular flexibility index (Phi) is 4.66. The minimum Gasteiger partial charge on any atom is -0.507 e. The number of phenolic OH excluding ortho intramolecular Hbond substituents is 1. The van der Waals surface area contributed by atoms with Crippen molar-refractivity contribution in [2.45, 2.75) is 13.3 Å². The van der Waals surface area contributed by atoms with Crippen LogP contribution < -0.4 is 0 Å². The molecule has 0 radical (unpaired) electrons. The summed E-state index contributed by atoms with van der Waals surface area (Å²) in [5.41, 5.74) is 2.33.